The van der Waals surface area contributed by atoms with E-state index in [1.807, 2.05) is 20.8 Å². The predicted octanol–water partition coefficient (Wildman–Crippen LogP) is 4.76. The number of carbonyl (C=O) groups excluding carboxylic acids is 1. The van der Waals surface area contributed by atoms with E-state index in [-0.39, 0.29) is 29.6 Å². The van der Waals surface area contributed by atoms with Crippen LogP contribution in [-0.4, -0.2) is 19.2 Å². The summed E-state index contributed by atoms with van der Waals surface area (Å²) in [7, 11) is -4.12. The molecular formula is C23H24FNO5S. The van der Waals surface area contributed by atoms with E-state index < -0.39 is 21.4 Å². The Hall–Kier alpha value is -3.13. The summed E-state index contributed by atoms with van der Waals surface area (Å²) in [6.45, 7) is 6.02. The first-order valence-corrected chi connectivity index (χ1v) is 11.1. The molecule has 1 aromatic heterocycles. The molecule has 6 nitrogen and oxygen atoms in total. The van der Waals surface area contributed by atoms with Crippen LogP contribution >= 0.6 is 0 Å². The van der Waals surface area contributed by atoms with Gasteiger partial charge in [0.25, 0.3) is 0 Å². The van der Waals surface area contributed by atoms with Crippen molar-refractivity contribution in [2.24, 2.45) is 5.41 Å². The Morgan fingerprint density at radius 1 is 1.03 bits per heavy atom. The van der Waals surface area contributed by atoms with Crippen LogP contribution in [0, 0.1) is 11.2 Å². The molecule has 8 heteroatoms. The van der Waals surface area contributed by atoms with Crippen LogP contribution in [0.3, 0.4) is 0 Å². The highest BCUT2D eigenvalue weighted by Crippen LogP contribution is 2.24. The van der Waals surface area contributed by atoms with Crippen LogP contribution in [0.5, 0.6) is 5.75 Å². The highest BCUT2D eigenvalue weighted by molar-refractivity contribution is 7.87. The van der Waals surface area contributed by atoms with E-state index in [9.17, 15) is 17.6 Å². The summed E-state index contributed by atoms with van der Waals surface area (Å²) in [5, 5.41) is 0. The molecule has 0 saturated carbocycles. The van der Waals surface area contributed by atoms with Gasteiger partial charge in [0.15, 0.2) is 0 Å². The van der Waals surface area contributed by atoms with E-state index in [1.165, 1.54) is 6.07 Å². The summed E-state index contributed by atoms with van der Waals surface area (Å²) >= 11 is 0. The molecule has 0 aliphatic rings. The van der Waals surface area contributed by atoms with Crippen LogP contribution in [0.4, 0.5) is 4.39 Å². The molecule has 0 aliphatic heterocycles. The zero-order valence-electron chi connectivity index (χ0n) is 17.5. The van der Waals surface area contributed by atoms with E-state index in [0.29, 0.717) is 11.3 Å². The number of benzene rings is 2. The SMILES string of the molecule is CC(C)(C)C(=O)N(Cc1cccc(OS(=O)(=O)c2ccc(F)cc2)c1)Cc1ccco1. The third-order valence-electron chi connectivity index (χ3n) is 4.44. The van der Waals surface area contributed by atoms with Crippen LogP contribution in [0.15, 0.2) is 76.2 Å². The third kappa shape index (κ3) is 5.95. The second-order valence-electron chi connectivity index (χ2n) is 8.13. The van der Waals surface area contributed by atoms with Gasteiger partial charge in [0.2, 0.25) is 5.91 Å². The van der Waals surface area contributed by atoms with Crippen molar-refractivity contribution in [2.45, 2.75) is 38.8 Å². The average molecular weight is 446 g/mol. The maximum Gasteiger partial charge on any atom is 0.339 e. The first-order valence-electron chi connectivity index (χ1n) is 9.65. The van der Waals surface area contributed by atoms with Gasteiger partial charge in [-0.3, -0.25) is 4.79 Å². The number of hydrogen-bond acceptors (Lipinski definition) is 5. The van der Waals surface area contributed by atoms with Crippen molar-refractivity contribution >= 4 is 16.0 Å². The van der Waals surface area contributed by atoms with Gasteiger partial charge in [-0.15, -0.1) is 0 Å². The number of hydrogen-bond donors (Lipinski definition) is 0. The Morgan fingerprint density at radius 3 is 2.35 bits per heavy atom. The van der Waals surface area contributed by atoms with Crippen molar-refractivity contribution in [2.75, 3.05) is 0 Å². The number of furan rings is 1. The van der Waals surface area contributed by atoms with E-state index in [0.717, 1.165) is 24.3 Å². The third-order valence-corrected chi connectivity index (χ3v) is 5.70. The lowest BCUT2D eigenvalue weighted by atomic mass is 9.94. The molecule has 0 fully saturated rings. The van der Waals surface area contributed by atoms with Crippen LogP contribution < -0.4 is 4.18 Å². The van der Waals surface area contributed by atoms with Crippen LogP contribution in [0.2, 0.25) is 0 Å². The van der Waals surface area contributed by atoms with Gasteiger partial charge in [-0.05, 0) is 54.1 Å². The number of rotatable bonds is 7. The van der Waals surface area contributed by atoms with Gasteiger partial charge in [-0.2, -0.15) is 8.42 Å². The molecule has 1 heterocycles. The van der Waals surface area contributed by atoms with Gasteiger partial charge in [-0.25, -0.2) is 4.39 Å². The second kappa shape index (κ2) is 8.93. The van der Waals surface area contributed by atoms with Gasteiger partial charge in [0.05, 0.1) is 12.8 Å². The molecule has 0 radical (unpaired) electrons. The zero-order valence-corrected chi connectivity index (χ0v) is 18.4. The van der Waals surface area contributed by atoms with E-state index in [4.69, 9.17) is 8.60 Å². The standard InChI is InChI=1S/C23H24FNO5S/c1-23(2,3)22(26)25(16-20-8-5-13-29-20)15-17-6-4-7-19(14-17)30-31(27,28)21-11-9-18(24)10-12-21/h4-14H,15-16H2,1-3H3. The number of halogens is 1. The number of amides is 1. The van der Waals surface area contributed by atoms with Crippen LogP contribution in [-0.2, 0) is 28.0 Å². The van der Waals surface area contributed by atoms with Crippen molar-refractivity contribution in [3.8, 4) is 5.75 Å². The maximum absolute atomic E-state index is 13.1. The van der Waals surface area contributed by atoms with Gasteiger partial charge in [0, 0.05) is 12.0 Å². The van der Waals surface area contributed by atoms with Crippen molar-refractivity contribution in [3.05, 3.63) is 84.1 Å². The Kier molecular flexibility index (Phi) is 6.50. The summed E-state index contributed by atoms with van der Waals surface area (Å²) in [6, 6.07) is 14.4. The van der Waals surface area contributed by atoms with Gasteiger partial charge in [-0.1, -0.05) is 32.9 Å². The first kappa shape index (κ1) is 22.6. The predicted molar refractivity (Wildman–Crippen MR) is 113 cm³/mol. The quantitative estimate of drug-likeness (QED) is 0.490. The largest absolute Gasteiger partial charge is 0.467 e. The molecule has 0 N–H and O–H groups in total. The van der Waals surface area contributed by atoms with Crippen LogP contribution in [0.25, 0.3) is 0 Å². The second-order valence-corrected chi connectivity index (χ2v) is 9.68. The van der Waals surface area contributed by atoms with Gasteiger partial charge in [0.1, 0.15) is 22.2 Å². The minimum atomic E-state index is -4.12. The Balaban J connectivity index is 1.81. The zero-order chi connectivity index (χ0) is 22.6. The topological polar surface area (TPSA) is 76.8 Å². The fourth-order valence-corrected chi connectivity index (χ4v) is 3.88. The summed E-state index contributed by atoms with van der Waals surface area (Å²) in [6.07, 6.45) is 1.55. The number of carbonyl (C=O) groups is 1. The van der Waals surface area contributed by atoms with Crippen molar-refractivity contribution < 1.29 is 26.2 Å². The van der Waals surface area contributed by atoms with Crippen LogP contribution in [0.1, 0.15) is 32.1 Å². The fraction of sp³-hybridized carbons (Fsp3) is 0.261. The molecule has 0 saturated heterocycles. The van der Waals surface area contributed by atoms with Crippen molar-refractivity contribution in [3.63, 3.8) is 0 Å². The highest BCUT2D eigenvalue weighted by Gasteiger charge is 2.28. The summed E-state index contributed by atoms with van der Waals surface area (Å²) in [5.74, 6) is 0.127. The summed E-state index contributed by atoms with van der Waals surface area (Å²) in [5.41, 5.74) is 0.0862. The highest BCUT2D eigenvalue weighted by atomic mass is 32.2. The molecule has 0 spiro atoms. The molecule has 31 heavy (non-hydrogen) atoms. The average Bonchev–Trinajstić information content (AvgIpc) is 3.19. The normalized spacial score (nSPS) is 11.9. The Morgan fingerprint density at radius 2 is 1.74 bits per heavy atom. The minimum absolute atomic E-state index is 0.0749. The molecule has 0 unspecified atom stereocenters. The van der Waals surface area contributed by atoms with E-state index in [2.05, 4.69) is 0 Å². The first-order chi connectivity index (χ1) is 14.5. The smallest absolute Gasteiger partial charge is 0.339 e. The molecule has 3 rings (SSSR count). The monoisotopic (exact) mass is 445 g/mol. The fourth-order valence-electron chi connectivity index (χ4n) is 2.96. The lowest BCUT2D eigenvalue weighted by molar-refractivity contribution is -0.141. The lowest BCUT2D eigenvalue weighted by Gasteiger charge is -2.29. The molecule has 0 aliphatic carbocycles. The molecule has 0 atom stereocenters. The molecule has 2 aromatic carbocycles. The lowest BCUT2D eigenvalue weighted by Crippen LogP contribution is -2.38. The molecule has 164 valence electrons. The summed E-state index contributed by atoms with van der Waals surface area (Å²) < 4.78 is 48.6. The van der Waals surface area contributed by atoms with Gasteiger partial charge >= 0.3 is 10.1 Å². The van der Waals surface area contributed by atoms with E-state index in [1.54, 1.807) is 41.5 Å². The Bertz CT molecular complexity index is 1130. The molecule has 3 aromatic rings. The van der Waals surface area contributed by atoms with E-state index >= 15 is 0 Å². The number of nitrogens with zero attached hydrogens (tertiary/aromatic N) is 1. The molecular weight excluding hydrogens is 421 g/mol. The maximum atomic E-state index is 13.1. The Labute approximate surface area is 181 Å². The van der Waals surface area contributed by atoms with Crippen molar-refractivity contribution in [1.82, 2.24) is 4.90 Å². The van der Waals surface area contributed by atoms with Gasteiger partial charge < -0.3 is 13.5 Å². The molecule has 0 bridgehead atoms. The molecule has 1 amide bonds. The summed E-state index contributed by atoms with van der Waals surface area (Å²) in [4.78, 5) is 14.4. The minimum Gasteiger partial charge on any atom is -0.467 e. The van der Waals surface area contributed by atoms with Crippen molar-refractivity contribution in [1.29, 1.82) is 0 Å².